The quantitative estimate of drug-likeness (QED) is 0.133. The fourth-order valence-corrected chi connectivity index (χ4v) is 10.1. The smallest absolute Gasteiger partial charge is 0.00963 e. The van der Waals surface area contributed by atoms with Crippen LogP contribution in [0.2, 0.25) is 0 Å². The third kappa shape index (κ3) is 10.5. The zero-order chi connectivity index (χ0) is 48.7. The van der Waals surface area contributed by atoms with Gasteiger partial charge in [-0.3, -0.25) is 0 Å². The van der Waals surface area contributed by atoms with Gasteiger partial charge in [0.05, 0.1) is 0 Å². The first kappa shape index (κ1) is 48.4. The predicted molar refractivity (Wildman–Crippen MR) is 320 cm³/mol. The summed E-state index contributed by atoms with van der Waals surface area (Å²) in [6.45, 7) is 10.7. The lowest BCUT2D eigenvalue weighted by Gasteiger charge is -2.10. The van der Waals surface area contributed by atoms with E-state index in [2.05, 4.69) is 295 Å². The Hall–Kier alpha value is -8.58. The Morgan fingerprint density at radius 3 is 1.08 bits per heavy atom. The molecule has 0 heterocycles. The van der Waals surface area contributed by atoms with Crippen LogP contribution in [0, 0.1) is 34.6 Å². The molecular weight excluding hydrogens is 865 g/mol. The third-order valence-electron chi connectivity index (χ3n) is 13.7. The van der Waals surface area contributed by atoms with Crippen LogP contribution in [-0.4, -0.2) is 0 Å². The van der Waals surface area contributed by atoms with Crippen LogP contribution in [0.3, 0.4) is 0 Å². The van der Waals surface area contributed by atoms with Crippen molar-refractivity contribution >= 4 is 97.0 Å². The van der Waals surface area contributed by atoms with E-state index in [0.29, 0.717) is 0 Å². The second kappa shape index (κ2) is 22.0. The number of fused-ring (bicyclic) bond motifs is 14. The molecule has 0 aliphatic rings. The maximum absolute atomic E-state index is 2.30. The Labute approximate surface area is 425 Å². The molecular formula is C72H62. The van der Waals surface area contributed by atoms with E-state index in [9.17, 15) is 0 Å². The van der Waals surface area contributed by atoms with E-state index in [1.54, 1.807) is 0 Å². The molecule has 0 heteroatoms. The first-order valence-corrected chi connectivity index (χ1v) is 24.7. The van der Waals surface area contributed by atoms with Gasteiger partial charge < -0.3 is 0 Å². The molecule has 0 bridgehead atoms. The molecule has 0 aliphatic carbocycles. The average Bonchev–Trinajstić information content (AvgIpc) is 3.42. The summed E-state index contributed by atoms with van der Waals surface area (Å²) >= 11 is 0. The molecule has 0 saturated heterocycles. The van der Waals surface area contributed by atoms with Crippen LogP contribution in [0.15, 0.2) is 261 Å². The standard InChI is InChI=1S/C19H14.2C15H12.2C11H10.CH4/c1-13-10-11-18-16-8-3-2-6-14(16)15-7-4-5-9-17(15)19(18)12-13;1-11-10-12-6-2-3-8-14(12)15-9-5-4-7-13(11)15;1-11-6-9-15-13(10-11)8-7-12-4-2-3-5-14(12)15;1-9-5-4-7-10-6-2-3-8-11(9)10;1-9-6-7-10-4-2-3-5-11(10)8-9;/h2-12H,1H3;2*2-10H,1H3;2*2-8H,1H3;1H4. The van der Waals surface area contributed by atoms with E-state index < -0.39 is 0 Å². The highest BCUT2D eigenvalue weighted by atomic mass is 14.1. The monoisotopic (exact) mass is 926 g/mol. The molecule has 0 amide bonds. The summed E-state index contributed by atoms with van der Waals surface area (Å²) in [4.78, 5) is 0. The van der Waals surface area contributed by atoms with Gasteiger partial charge >= 0.3 is 0 Å². The molecule has 0 nitrogen and oxygen atoms in total. The highest BCUT2D eigenvalue weighted by molar-refractivity contribution is 6.25. The van der Waals surface area contributed by atoms with Crippen LogP contribution in [0.25, 0.3) is 97.0 Å². The largest absolute Gasteiger partial charge is 0.0776 e. The number of rotatable bonds is 0. The Morgan fingerprint density at radius 2 is 0.486 bits per heavy atom. The van der Waals surface area contributed by atoms with Gasteiger partial charge in [-0.15, -0.1) is 0 Å². The van der Waals surface area contributed by atoms with Gasteiger partial charge in [-0.25, -0.2) is 0 Å². The molecule has 0 aliphatic heterocycles. The van der Waals surface area contributed by atoms with Crippen molar-refractivity contribution in [2.45, 2.75) is 42.0 Å². The summed E-state index contributed by atoms with van der Waals surface area (Å²) in [5.41, 5.74) is 6.65. The van der Waals surface area contributed by atoms with Gasteiger partial charge in [-0.05, 0) is 143 Å². The molecule has 72 heavy (non-hydrogen) atoms. The Balaban J connectivity index is 0.000000112. The zero-order valence-corrected chi connectivity index (χ0v) is 41.3. The van der Waals surface area contributed by atoms with E-state index in [1.807, 2.05) is 0 Å². The van der Waals surface area contributed by atoms with E-state index >= 15 is 0 Å². The summed E-state index contributed by atoms with van der Waals surface area (Å²) in [7, 11) is 0. The lowest BCUT2D eigenvalue weighted by atomic mass is 9.93. The Kier molecular flexibility index (Phi) is 14.8. The van der Waals surface area contributed by atoms with Crippen molar-refractivity contribution in [3.05, 3.63) is 289 Å². The van der Waals surface area contributed by atoms with Crippen molar-refractivity contribution < 1.29 is 0 Å². The number of benzene rings is 14. The lowest BCUT2D eigenvalue weighted by molar-refractivity contribution is 1.51. The fourth-order valence-electron chi connectivity index (χ4n) is 10.1. The maximum atomic E-state index is 2.30. The molecule has 350 valence electrons. The predicted octanol–water partition coefficient (Wildman–Crippen LogP) is 21.0. The summed E-state index contributed by atoms with van der Waals surface area (Å²) in [6.07, 6.45) is 0. The molecule has 14 rings (SSSR count). The molecule has 0 radical (unpaired) electrons. The van der Waals surface area contributed by atoms with E-state index in [1.165, 1.54) is 125 Å². The first-order chi connectivity index (χ1) is 34.8. The second-order valence-electron chi connectivity index (χ2n) is 18.8. The molecule has 0 unspecified atom stereocenters. The minimum absolute atomic E-state index is 0. The van der Waals surface area contributed by atoms with Crippen LogP contribution in [0.4, 0.5) is 0 Å². The first-order valence-electron chi connectivity index (χ1n) is 24.7. The van der Waals surface area contributed by atoms with Crippen LogP contribution in [-0.2, 0) is 0 Å². The van der Waals surface area contributed by atoms with E-state index in [4.69, 9.17) is 0 Å². The molecule has 0 N–H and O–H groups in total. The van der Waals surface area contributed by atoms with Gasteiger partial charge in [0.25, 0.3) is 0 Å². The number of hydrogen-bond donors (Lipinski definition) is 0. The van der Waals surface area contributed by atoms with Gasteiger partial charge in [0.2, 0.25) is 0 Å². The van der Waals surface area contributed by atoms with Crippen molar-refractivity contribution in [2.75, 3.05) is 0 Å². The van der Waals surface area contributed by atoms with Crippen LogP contribution < -0.4 is 0 Å². The lowest BCUT2D eigenvalue weighted by Crippen LogP contribution is -1.83. The normalized spacial score (nSPS) is 10.7. The van der Waals surface area contributed by atoms with Crippen molar-refractivity contribution in [3.63, 3.8) is 0 Å². The minimum atomic E-state index is 0. The van der Waals surface area contributed by atoms with Crippen molar-refractivity contribution in [2.24, 2.45) is 0 Å². The summed E-state index contributed by atoms with van der Waals surface area (Å²) in [6, 6.07) is 92.8. The molecule has 0 saturated carbocycles. The zero-order valence-electron chi connectivity index (χ0n) is 41.3. The molecule has 0 aromatic heterocycles. The number of aryl methyl sites for hydroxylation is 5. The van der Waals surface area contributed by atoms with Gasteiger partial charge in [0, 0.05) is 0 Å². The molecule has 0 spiro atoms. The topological polar surface area (TPSA) is 0 Å². The molecule has 14 aromatic rings. The molecule has 14 aromatic carbocycles. The SMILES string of the molecule is C.Cc1cc2ccccc2c2ccccc12.Cc1ccc2c(ccc3ccccc32)c1.Cc1ccc2c3ccccc3c3ccccc3c2c1.Cc1ccc2ccccc2c1.Cc1cccc2ccccc12. The van der Waals surface area contributed by atoms with E-state index in [-0.39, 0.29) is 7.43 Å². The third-order valence-corrected chi connectivity index (χ3v) is 13.7. The van der Waals surface area contributed by atoms with Gasteiger partial charge in [0.1, 0.15) is 0 Å². The fraction of sp³-hybridized carbons (Fsp3) is 0.0833. The van der Waals surface area contributed by atoms with E-state index in [0.717, 1.165) is 0 Å². The highest BCUT2D eigenvalue weighted by Gasteiger charge is 2.08. The molecule has 0 atom stereocenters. The molecule has 0 fully saturated rings. The summed E-state index contributed by atoms with van der Waals surface area (Å²) < 4.78 is 0. The van der Waals surface area contributed by atoms with Crippen LogP contribution in [0.1, 0.15) is 35.2 Å². The van der Waals surface area contributed by atoms with Crippen LogP contribution >= 0.6 is 0 Å². The van der Waals surface area contributed by atoms with Crippen molar-refractivity contribution in [3.8, 4) is 0 Å². The average molecular weight is 927 g/mol. The second-order valence-corrected chi connectivity index (χ2v) is 18.8. The van der Waals surface area contributed by atoms with Gasteiger partial charge in [-0.2, -0.15) is 0 Å². The highest BCUT2D eigenvalue weighted by Crippen LogP contribution is 2.35. The maximum Gasteiger partial charge on any atom is -0.00963 e. The van der Waals surface area contributed by atoms with Gasteiger partial charge in [0.15, 0.2) is 0 Å². The summed E-state index contributed by atoms with van der Waals surface area (Å²) in [5, 5.41) is 24.1. The van der Waals surface area contributed by atoms with Crippen molar-refractivity contribution in [1.82, 2.24) is 0 Å². The van der Waals surface area contributed by atoms with Crippen molar-refractivity contribution in [1.29, 1.82) is 0 Å². The van der Waals surface area contributed by atoms with Crippen LogP contribution in [0.5, 0.6) is 0 Å². The number of hydrogen-bond acceptors (Lipinski definition) is 0. The Bertz CT molecular complexity index is 4130. The van der Waals surface area contributed by atoms with Gasteiger partial charge in [-0.1, -0.05) is 285 Å². The Morgan fingerprint density at radius 1 is 0.167 bits per heavy atom. The summed E-state index contributed by atoms with van der Waals surface area (Å²) in [5.74, 6) is 0. The minimum Gasteiger partial charge on any atom is -0.0776 e.